The van der Waals surface area contributed by atoms with Gasteiger partial charge in [0.15, 0.2) is 0 Å². The number of rotatable bonds is 4. The number of hydrogen-bond donors (Lipinski definition) is 3. The molecule has 0 aromatic heterocycles. The molecule has 1 fully saturated rings. The molecule has 4 nitrogen and oxygen atoms in total. The summed E-state index contributed by atoms with van der Waals surface area (Å²) in [5.74, 6) is -0.327. The van der Waals surface area contributed by atoms with E-state index in [-0.39, 0.29) is 17.2 Å². The molecule has 1 aliphatic rings. The van der Waals surface area contributed by atoms with Gasteiger partial charge in [-0.25, -0.2) is 13.3 Å². The van der Waals surface area contributed by atoms with Crippen molar-refractivity contribution in [3.8, 4) is 5.75 Å². The second kappa shape index (κ2) is 7.50. The molecule has 1 aliphatic heterocycles. The summed E-state index contributed by atoms with van der Waals surface area (Å²) in [7, 11) is -1.35. The Hall–Kier alpha value is -0.980. The van der Waals surface area contributed by atoms with Crippen molar-refractivity contribution in [1.29, 1.82) is 0 Å². The number of piperidine rings is 1. The molecule has 1 aromatic carbocycles. The van der Waals surface area contributed by atoms with Crippen LogP contribution in [0.5, 0.6) is 5.75 Å². The van der Waals surface area contributed by atoms with Crippen LogP contribution in [-0.2, 0) is 11.0 Å². The Kier molecular flexibility index (Phi) is 6.04. The van der Waals surface area contributed by atoms with E-state index in [1.807, 2.05) is 20.8 Å². The summed E-state index contributed by atoms with van der Waals surface area (Å²) in [5.41, 5.74) is 1.50. The molecule has 1 heterocycles. The molecule has 24 heavy (non-hydrogen) atoms. The van der Waals surface area contributed by atoms with Gasteiger partial charge in [0.25, 0.3) is 0 Å². The van der Waals surface area contributed by atoms with Crippen LogP contribution in [0.2, 0.25) is 0 Å². The highest BCUT2D eigenvalue weighted by atomic mass is 32.2. The Morgan fingerprint density at radius 2 is 1.92 bits per heavy atom. The van der Waals surface area contributed by atoms with Gasteiger partial charge in [0.2, 0.25) is 0 Å². The molecular formula is C18H29FN2O2S. The summed E-state index contributed by atoms with van der Waals surface area (Å²) in [6.45, 7) is 10.8. The fourth-order valence-corrected chi connectivity index (χ4v) is 3.93. The minimum Gasteiger partial charge on any atom is -0.507 e. The Bertz CT molecular complexity index is 622. The fraction of sp³-hybridized carbons (Fsp3) is 0.667. The number of benzene rings is 1. The lowest BCUT2D eigenvalue weighted by Gasteiger charge is -2.34. The van der Waals surface area contributed by atoms with E-state index in [1.165, 1.54) is 0 Å². The lowest BCUT2D eigenvalue weighted by Crippen LogP contribution is -2.42. The average molecular weight is 357 g/mol. The van der Waals surface area contributed by atoms with Crippen LogP contribution < -0.4 is 10.0 Å². The van der Waals surface area contributed by atoms with Gasteiger partial charge < -0.3 is 10.4 Å². The largest absolute Gasteiger partial charge is 0.507 e. The monoisotopic (exact) mass is 356 g/mol. The van der Waals surface area contributed by atoms with Gasteiger partial charge in [-0.15, -0.1) is 0 Å². The summed E-state index contributed by atoms with van der Waals surface area (Å²) in [5, 5.41) is 13.7. The zero-order chi connectivity index (χ0) is 18.1. The van der Waals surface area contributed by atoms with Crippen molar-refractivity contribution in [2.75, 3.05) is 13.1 Å². The van der Waals surface area contributed by atoms with Gasteiger partial charge in [-0.2, -0.15) is 0 Å². The van der Waals surface area contributed by atoms with E-state index in [4.69, 9.17) is 0 Å². The van der Waals surface area contributed by atoms with Crippen LogP contribution in [0, 0.1) is 25.6 Å². The number of nitrogens with one attached hydrogen (secondary N) is 2. The van der Waals surface area contributed by atoms with Crippen molar-refractivity contribution in [2.24, 2.45) is 5.92 Å². The molecule has 2 rings (SSSR count). The smallest absolute Gasteiger partial charge is 0.134 e. The summed E-state index contributed by atoms with van der Waals surface area (Å²) in [6, 6.07) is 1.13. The number of halogens is 1. The molecule has 1 aromatic rings. The molecule has 6 heteroatoms. The third-order valence-electron chi connectivity index (χ3n) is 4.74. The second-order valence-corrected chi connectivity index (χ2v) is 9.63. The molecule has 0 spiro atoms. The predicted octanol–water partition coefficient (Wildman–Crippen LogP) is 3.24. The molecule has 2 atom stereocenters. The van der Waals surface area contributed by atoms with Gasteiger partial charge in [-0.1, -0.05) is 0 Å². The van der Waals surface area contributed by atoms with Gasteiger partial charge in [-0.05, 0) is 83.7 Å². The first-order chi connectivity index (χ1) is 11.1. The highest BCUT2D eigenvalue weighted by Crippen LogP contribution is 2.38. The van der Waals surface area contributed by atoms with Crippen molar-refractivity contribution in [3.63, 3.8) is 0 Å². The van der Waals surface area contributed by atoms with E-state index in [2.05, 4.69) is 10.0 Å². The topological polar surface area (TPSA) is 61.4 Å². The number of phenols is 1. The van der Waals surface area contributed by atoms with E-state index in [0.717, 1.165) is 31.5 Å². The minimum absolute atomic E-state index is 0.0578. The van der Waals surface area contributed by atoms with Crippen molar-refractivity contribution in [3.05, 3.63) is 28.6 Å². The molecule has 136 valence electrons. The van der Waals surface area contributed by atoms with Crippen LogP contribution in [0.15, 0.2) is 6.07 Å². The Labute approximate surface area is 146 Å². The number of aryl methyl sites for hydroxylation is 1. The lowest BCUT2D eigenvalue weighted by atomic mass is 9.85. The number of hydrogen-bond acceptors (Lipinski definition) is 3. The maximum Gasteiger partial charge on any atom is 0.134 e. The van der Waals surface area contributed by atoms with E-state index in [0.29, 0.717) is 5.56 Å². The molecule has 0 amide bonds. The van der Waals surface area contributed by atoms with E-state index in [1.54, 1.807) is 19.9 Å². The third kappa shape index (κ3) is 4.16. The number of aromatic hydroxyl groups is 1. The molecule has 0 radical (unpaired) electrons. The van der Waals surface area contributed by atoms with Crippen LogP contribution in [0.3, 0.4) is 0 Å². The van der Waals surface area contributed by atoms with E-state index in [9.17, 15) is 13.7 Å². The van der Waals surface area contributed by atoms with Gasteiger partial charge in [-0.3, -0.25) is 0 Å². The van der Waals surface area contributed by atoms with Crippen molar-refractivity contribution >= 4 is 11.0 Å². The van der Waals surface area contributed by atoms with E-state index < -0.39 is 27.6 Å². The first-order valence-electron chi connectivity index (χ1n) is 8.50. The standard InChI is InChI=1S/C18H29FN2O2S/c1-11-10-14(22)15(16(19)12(11)2)17(13-6-8-20-9-7-13)21-24(23)18(3,4)5/h10,13,17,20-22H,6-9H2,1-5H3. The first-order valence-corrected chi connectivity index (χ1v) is 9.65. The Morgan fingerprint density at radius 3 is 2.46 bits per heavy atom. The Morgan fingerprint density at radius 1 is 1.33 bits per heavy atom. The maximum atomic E-state index is 15.0. The minimum atomic E-state index is -1.35. The van der Waals surface area contributed by atoms with Crippen LogP contribution in [0.4, 0.5) is 4.39 Å². The van der Waals surface area contributed by atoms with Crippen molar-refractivity contribution in [1.82, 2.24) is 10.0 Å². The van der Waals surface area contributed by atoms with Crippen LogP contribution in [-0.4, -0.2) is 27.2 Å². The normalized spacial score (nSPS) is 19.2. The third-order valence-corrected chi connectivity index (χ3v) is 6.32. The molecule has 1 saturated heterocycles. The molecule has 3 N–H and O–H groups in total. The summed E-state index contributed by atoms with van der Waals surface area (Å²) < 4.78 is 30.3. The summed E-state index contributed by atoms with van der Waals surface area (Å²) >= 11 is 0. The molecule has 0 saturated carbocycles. The fourth-order valence-electron chi connectivity index (χ4n) is 3.04. The quantitative estimate of drug-likeness (QED) is 0.776. The predicted molar refractivity (Wildman–Crippen MR) is 96.9 cm³/mol. The zero-order valence-corrected chi connectivity index (χ0v) is 16.0. The van der Waals surface area contributed by atoms with E-state index >= 15 is 0 Å². The number of phenolic OH excluding ortho intramolecular Hbond substituents is 1. The Balaban J connectivity index is 2.46. The second-order valence-electron chi connectivity index (χ2n) is 7.63. The molecule has 0 bridgehead atoms. The van der Waals surface area contributed by atoms with Crippen LogP contribution >= 0.6 is 0 Å². The van der Waals surface area contributed by atoms with Gasteiger partial charge >= 0.3 is 0 Å². The highest BCUT2D eigenvalue weighted by Gasteiger charge is 2.34. The summed E-state index contributed by atoms with van der Waals surface area (Å²) in [4.78, 5) is 0. The first kappa shape index (κ1) is 19.3. The van der Waals surface area contributed by atoms with Gasteiger partial charge in [0.05, 0.1) is 21.8 Å². The molecular weight excluding hydrogens is 327 g/mol. The molecule has 0 aliphatic carbocycles. The summed E-state index contributed by atoms with van der Waals surface area (Å²) in [6.07, 6.45) is 1.70. The molecule has 2 unspecified atom stereocenters. The van der Waals surface area contributed by atoms with Gasteiger partial charge in [0, 0.05) is 5.56 Å². The van der Waals surface area contributed by atoms with Crippen molar-refractivity contribution in [2.45, 2.75) is 58.2 Å². The van der Waals surface area contributed by atoms with Crippen LogP contribution in [0.25, 0.3) is 0 Å². The van der Waals surface area contributed by atoms with Crippen LogP contribution in [0.1, 0.15) is 56.3 Å². The lowest BCUT2D eigenvalue weighted by molar-refractivity contribution is 0.296. The SMILES string of the molecule is Cc1cc(O)c(C(NS(=O)C(C)(C)C)C2CCNCC2)c(F)c1C. The van der Waals surface area contributed by atoms with Crippen molar-refractivity contribution < 1.29 is 13.7 Å². The zero-order valence-electron chi connectivity index (χ0n) is 15.2. The maximum absolute atomic E-state index is 15.0. The average Bonchev–Trinajstić information content (AvgIpc) is 2.51. The van der Waals surface area contributed by atoms with Gasteiger partial charge in [0.1, 0.15) is 11.6 Å². The highest BCUT2D eigenvalue weighted by molar-refractivity contribution is 7.84.